The first-order valence-corrected chi connectivity index (χ1v) is 10.3. The van der Waals surface area contributed by atoms with Gasteiger partial charge >= 0.3 is 5.97 Å². The molecular weight excluding hydrogens is 445 g/mol. The van der Waals surface area contributed by atoms with E-state index in [1.54, 1.807) is 35.2 Å². The molecular formula is C21H21Cl2N3O5. The zero-order valence-electron chi connectivity index (χ0n) is 17.1. The van der Waals surface area contributed by atoms with Crippen LogP contribution in [0.5, 0.6) is 0 Å². The van der Waals surface area contributed by atoms with Crippen molar-refractivity contribution in [3.63, 3.8) is 0 Å². The highest BCUT2D eigenvalue weighted by molar-refractivity contribution is 6.34. The van der Waals surface area contributed by atoms with Crippen LogP contribution in [-0.2, 0) is 15.1 Å². The van der Waals surface area contributed by atoms with Crippen molar-refractivity contribution in [2.45, 2.75) is 25.4 Å². The number of carbonyl (C=O) groups is 1. The van der Waals surface area contributed by atoms with Crippen LogP contribution in [0.15, 0.2) is 42.1 Å². The molecule has 2 aromatic rings. The number of methoxy groups -OCH3 is 1. The summed E-state index contributed by atoms with van der Waals surface area (Å²) < 4.78 is 4.90. The highest BCUT2D eigenvalue weighted by Gasteiger charge is 2.59. The fourth-order valence-corrected chi connectivity index (χ4v) is 4.63. The monoisotopic (exact) mass is 465 g/mol. The van der Waals surface area contributed by atoms with Crippen molar-refractivity contribution in [3.8, 4) is 0 Å². The highest BCUT2D eigenvalue weighted by Crippen LogP contribution is 2.53. The zero-order valence-corrected chi connectivity index (χ0v) is 18.6. The van der Waals surface area contributed by atoms with Crippen LogP contribution in [0.1, 0.15) is 36.5 Å². The molecule has 0 radical (unpaired) electrons. The molecule has 2 atom stereocenters. The molecule has 1 aromatic heterocycles. The number of rotatable bonds is 6. The molecule has 8 nitrogen and oxygen atoms in total. The minimum Gasteiger partial charge on any atom is -0.467 e. The van der Waals surface area contributed by atoms with Crippen molar-refractivity contribution >= 4 is 34.9 Å². The zero-order chi connectivity index (χ0) is 22.9. The molecule has 31 heavy (non-hydrogen) atoms. The second-order valence-corrected chi connectivity index (χ2v) is 7.67. The fourth-order valence-electron chi connectivity index (χ4n) is 4.11. The maximum Gasteiger partial charge on any atom is 0.343 e. The van der Waals surface area contributed by atoms with Crippen molar-refractivity contribution in [1.82, 2.24) is 9.88 Å². The van der Waals surface area contributed by atoms with E-state index in [0.717, 1.165) is 7.11 Å². The summed E-state index contributed by atoms with van der Waals surface area (Å²) in [6.45, 7) is 4.51. The number of halogens is 2. The summed E-state index contributed by atoms with van der Waals surface area (Å²) in [4.78, 5) is 30.6. The Morgan fingerprint density at radius 2 is 1.90 bits per heavy atom. The molecule has 0 unspecified atom stereocenters. The molecule has 1 aromatic carbocycles. The number of benzene rings is 1. The van der Waals surface area contributed by atoms with E-state index in [9.17, 15) is 20.0 Å². The molecule has 0 fully saturated rings. The maximum atomic E-state index is 13.0. The van der Waals surface area contributed by atoms with Gasteiger partial charge in [0.25, 0.3) is 5.70 Å². The predicted octanol–water partition coefficient (Wildman–Crippen LogP) is 3.83. The third-order valence-corrected chi connectivity index (χ3v) is 5.90. The van der Waals surface area contributed by atoms with E-state index >= 15 is 0 Å². The number of nitro groups is 1. The molecule has 0 bridgehead atoms. The fraction of sp³-hybridized carbons (Fsp3) is 0.333. The first-order chi connectivity index (χ1) is 14.7. The number of esters is 1. The van der Waals surface area contributed by atoms with Crippen molar-refractivity contribution in [2.75, 3.05) is 20.2 Å². The standard InChI is InChI=1S/C21H21Cl2N3O5/c1-4-25(5-2)17-15-13(11-14(22)24-19(15)23)21(28,20(27)31-3)16(18(17)26(29)30)12-9-7-6-8-10-12/h6-11,16,28H,4-5H2,1-3H3/t16-,21+/m0/s1. The minimum atomic E-state index is -2.46. The second kappa shape index (κ2) is 8.82. The van der Waals surface area contributed by atoms with Gasteiger partial charge in [-0.1, -0.05) is 53.5 Å². The average molecular weight is 466 g/mol. The van der Waals surface area contributed by atoms with Crippen molar-refractivity contribution in [1.29, 1.82) is 0 Å². The SMILES string of the molecule is CCN(CC)C1=C([N+](=O)[O-])[C@H](c2ccccc2)[C@@](O)(C(=O)OC)c2cc(Cl)nc(Cl)c21. The number of fused-ring (bicyclic) bond motifs is 1. The van der Waals surface area contributed by atoms with Crippen molar-refractivity contribution in [3.05, 3.63) is 79.2 Å². The van der Waals surface area contributed by atoms with Gasteiger partial charge < -0.3 is 14.7 Å². The van der Waals surface area contributed by atoms with Gasteiger partial charge in [-0.3, -0.25) is 10.1 Å². The molecule has 0 aliphatic heterocycles. The highest BCUT2D eigenvalue weighted by atomic mass is 35.5. The molecule has 1 aliphatic rings. The third-order valence-electron chi connectivity index (χ3n) is 5.43. The van der Waals surface area contributed by atoms with E-state index in [0.29, 0.717) is 18.7 Å². The van der Waals surface area contributed by atoms with Crippen LogP contribution in [0.25, 0.3) is 5.70 Å². The first-order valence-electron chi connectivity index (χ1n) is 9.58. The Kier molecular flexibility index (Phi) is 6.54. The van der Waals surface area contributed by atoms with Crippen molar-refractivity contribution in [2.24, 2.45) is 0 Å². The lowest BCUT2D eigenvalue weighted by Crippen LogP contribution is -2.49. The summed E-state index contributed by atoms with van der Waals surface area (Å²) in [5.41, 5.74) is -2.20. The van der Waals surface area contributed by atoms with Crippen LogP contribution >= 0.6 is 23.2 Å². The Labute approximate surface area is 189 Å². The van der Waals surface area contributed by atoms with E-state index in [1.165, 1.54) is 6.07 Å². The lowest BCUT2D eigenvalue weighted by atomic mass is 9.69. The Morgan fingerprint density at radius 1 is 1.29 bits per heavy atom. The van der Waals surface area contributed by atoms with Gasteiger partial charge in [0.15, 0.2) is 0 Å². The number of hydrogen-bond donors (Lipinski definition) is 1. The van der Waals surface area contributed by atoms with Gasteiger partial charge in [0.2, 0.25) is 5.60 Å². The molecule has 0 spiro atoms. The van der Waals surface area contributed by atoms with E-state index in [4.69, 9.17) is 27.9 Å². The van der Waals surface area contributed by atoms with Crippen molar-refractivity contribution < 1.29 is 19.6 Å². The van der Waals surface area contributed by atoms with Gasteiger partial charge in [-0.15, -0.1) is 0 Å². The van der Waals surface area contributed by atoms with Gasteiger partial charge in [0.1, 0.15) is 21.9 Å². The number of nitrogens with zero attached hydrogens (tertiary/aromatic N) is 3. The Morgan fingerprint density at radius 3 is 2.42 bits per heavy atom. The number of aromatic nitrogens is 1. The minimum absolute atomic E-state index is 0.00528. The van der Waals surface area contributed by atoms with Crippen LogP contribution in [0.4, 0.5) is 0 Å². The van der Waals surface area contributed by atoms with E-state index in [-0.39, 0.29) is 32.8 Å². The molecule has 0 saturated carbocycles. The number of aliphatic hydroxyl groups is 1. The molecule has 1 aliphatic carbocycles. The third kappa shape index (κ3) is 3.64. The predicted molar refractivity (Wildman–Crippen MR) is 116 cm³/mol. The molecule has 1 N–H and O–H groups in total. The largest absolute Gasteiger partial charge is 0.467 e. The van der Waals surface area contributed by atoms with E-state index < -0.39 is 22.4 Å². The summed E-state index contributed by atoms with van der Waals surface area (Å²) in [5, 5.41) is 24.1. The van der Waals surface area contributed by atoms with Crippen LogP contribution in [0, 0.1) is 10.1 Å². The Hall–Kier alpha value is -2.68. The Bertz CT molecular complexity index is 1060. The summed E-state index contributed by atoms with van der Waals surface area (Å²) >= 11 is 12.5. The number of carbonyl (C=O) groups excluding carboxylic acids is 1. The average Bonchev–Trinajstić information content (AvgIpc) is 2.75. The molecule has 0 amide bonds. The van der Waals surface area contributed by atoms with Crippen LogP contribution < -0.4 is 0 Å². The summed E-state index contributed by atoms with van der Waals surface area (Å²) in [7, 11) is 1.10. The second-order valence-electron chi connectivity index (χ2n) is 6.92. The topological polar surface area (TPSA) is 106 Å². The molecule has 10 heteroatoms. The molecule has 1 heterocycles. The number of ether oxygens (including phenoxy) is 1. The molecule has 3 rings (SSSR count). The smallest absolute Gasteiger partial charge is 0.343 e. The van der Waals surface area contributed by atoms with Gasteiger partial charge in [-0.25, -0.2) is 9.78 Å². The van der Waals surface area contributed by atoms with Crippen LogP contribution in [0.2, 0.25) is 10.3 Å². The van der Waals surface area contributed by atoms with Gasteiger partial charge in [-0.05, 0) is 25.5 Å². The normalized spacial score (nSPS) is 20.3. The van der Waals surface area contributed by atoms with Gasteiger partial charge in [0.05, 0.1) is 12.0 Å². The van der Waals surface area contributed by atoms with Gasteiger partial charge in [-0.2, -0.15) is 0 Å². The maximum absolute atomic E-state index is 13.0. The van der Waals surface area contributed by atoms with Crippen LogP contribution in [0.3, 0.4) is 0 Å². The first kappa shape index (κ1) is 23.0. The van der Waals surface area contributed by atoms with Crippen LogP contribution in [-0.4, -0.2) is 46.1 Å². The quantitative estimate of drug-likeness (QED) is 0.299. The summed E-state index contributed by atoms with van der Waals surface area (Å²) in [5.74, 6) is -2.45. The Balaban J connectivity index is 2.57. The number of hydrogen-bond acceptors (Lipinski definition) is 7. The number of pyridine rings is 1. The molecule has 164 valence electrons. The van der Waals surface area contributed by atoms with E-state index in [2.05, 4.69) is 4.98 Å². The summed E-state index contributed by atoms with van der Waals surface area (Å²) in [6.07, 6.45) is 0. The lowest BCUT2D eigenvalue weighted by Gasteiger charge is -2.40. The van der Waals surface area contributed by atoms with E-state index in [1.807, 2.05) is 13.8 Å². The summed E-state index contributed by atoms with van der Waals surface area (Å²) in [6, 6.07) is 9.59. The lowest BCUT2D eigenvalue weighted by molar-refractivity contribution is -0.433. The van der Waals surface area contributed by atoms with Gasteiger partial charge in [0, 0.05) is 24.2 Å². The molecule has 0 saturated heterocycles.